The number of carboxylic acids is 1. The van der Waals surface area contributed by atoms with Crippen LogP contribution in [0.15, 0.2) is 18.2 Å². The molecule has 0 unspecified atom stereocenters. The normalized spacial score (nSPS) is 10.1. The number of ether oxygens (including phenoxy) is 1. The van der Waals surface area contributed by atoms with E-state index in [1.54, 1.807) is 18.2 Å². The predicted octanol–water partition coefficient (Wildman–Crippen LogP) is 2.89. The Balaban J connectivity index is 2.49. The molecule has 0 aromatic heterocycles. The van der Waals surface area contributed by atoms with Crippen LogP contribution in [-0.4, -0.2) is 35.1 Å². The summed E-state index contributed by atoms with van der Waals surface area (Å²) >= 11 is 7.07. The monoisotopic (exact) mass is 317 g/mol. The van der Waals surface area contributed by atoms with E-state index in [0.717, 1.165) is 18.2 Å². The quantitative estimate of drug-likeness (QED) is 0.771. The van der Waals surface area contributed by atoms with Crippen molar-refractivity contribution < 1.29 is 19.4 Å². The lowest BCUT2D eigenvalue weighted by Gasteiger charge is -2.09. The minimum Gasteiger partial charge on any atom is -0.492 e. The zero-order valence-corrected chi connectivity index (χ0v) is 12.6. The Labute approximate surface area is 126 Å². The van der Waals surface area contributed by atoms with E-state index in [4.69, 9.17) is 21.4 Å². The predicted molar refractivity (Wildman–Crippen MR) is 80.8 cm³/mol. The number of hydrogen-bond donors (Lipinski definition) is 2. The van der Waals surface area contributed by atoms with Crippen LogP contribution in [0.3, 0.4) is 0 Å². The molecule has 0 aliphatic carbocycles. The average molecular weight is 318 g/mol. The molecule has 7 heteroatoms. The van der Waals surface area contributed by atoms with Crippen molar-refractivity contribution >= 4 is 40.9 Å². The Bertz CT molecular complexity index is 481. The van der Waals surface area contributed by atoms with Gasteiger partial charge >= 0.3 is 5.97 Å². The number of anilines is 1. The van der Waals surface area contributed by atoms with Crippen LogP contribution in [0.5, 0.6) is 5.75 Å². The van der Waals surface area contributed by atoms with Gasteiger partial charge < -0.3 is 15.2 Å². The number of hydrogen-bond acceptors (Lipinski definition) is 4. The van der Waals surface area contributed by atoms with Gasteiger partial charge in [-0.3, -0.25) is 9.59 Å². The summed E-state index contributed by atoms with van der Waals surface area (Å²) in [6.07, 6.45) is 0.885. The average Bonchev–Trinajstić information content (AvgIpc) is 2.37. The summed E-state index contributed by atoms with van der Waals surface area (Å²) < 4.78 is 5.42. The first-order chi connectivity index (χ1) is 9.52. The van der Waals surface area contributed by atoms with Gasteiger partial charge in [0.1, 0.15) is 5.75 Å². The number of carbonyl (C=O) groups excluding carboxylic acids is 1. The Hall–Kier alpha value is -1.40. The topological polar surface area (TPSA) is 75.6 Å². The third-order valence-electron chi connectivity index (χ3n) is 2.14. The van der Waals surface area contributed by atoms with Crippen LogP contribution in [-0.2, 0) is 9.59 Å². The molecular formula is C13H16ClNO4S. The first-order valence-corrected chi connectivity index (χ1v) is 7.58. The number of carboxylic acid groups (broad SMARTS) is 1. The van der Waals surface area contributed by atoms with Crippen LogP contribution < -0.4 is 10.1 Å². The molecule has 1 aromatic carbocycles. The third kappa shape index (κ3) is 6.16. The molecule has 0 aliphatic rings. The number of halogens is 1. The molecule has 5 nitrogen and oxygen atoms in total. The van der Waals surface area contributed by atoms with E-state index in [2.05, 4.69) is 5.32 Å². The van der Waals surface area contributed by atoms with Crippen LogP contribution in [0.25, 0.3) is 0 Å². The van der Waals surface area contributed by atoms with Gasteiger partial charge in [-0.15, -0.1) is 11.8 Å². The second-order valence-corrected chi connectivity index (χ2v) is 5.32. The maximum absolute atomic E-state index is 11.6. The van der Waals surface area contributed by atoms with E-state index in [1.807, 2.05) is 6.92 Å². The summed E-state index contributed by atoms with van der Waals surface area (Å²) in [5, 5.41) is 11.5. The molecule has 1 rings (SSSR count). The Morgan fingerprint density at radius 2 is 2.15 bits per heavy atom. The minimum atomic E-state index is -0.941. The van der Waals surface area contributed by atoms with Crippen molar-refractivity contribution in [2.24, 2.45) is 0 Å². The zero-order chi connectivity index (χ0) is 15.0. The van der Waals surface area contributed by atoms with Gasteiger partial charge in [-0.2, -0.15) is 0 Å². The van der Waals surface area contributed by atoms with Gasteiger partial charge in [0.05, 0.1) is 23.1 Å². The lowest BCUT2D eigenvalue weighted by molar-refractivity contribution is -0.133. The Morgan fingerprint density at radius 3 is 2.75 bits per heavy atom. The minimum absolute atomic E-state index is 0.0814. The highest BCUT2D eigenvalue weighted by Crippen LogP contribution is 2.27. The molecule has 0 spiro atoms. The molecule has 0 atom stereocenters. The van der Waals surface area contributed by atoms with Crippen LogP contribution in [0.2, 0.25) is 5.02 Å². The molecule has 1 aromatic rings. The van der Waals surface area contributed by atoms with Crippen molar-refractivity contribution in [1.82, 2.24) is 0 Å². The molecule has 1 amide bonds. The van der Waals surface area contributed by atoms with Crippen LogP contribution in [0, 0.1) is 0 Å². The number of aliphatic carboxylic acids is 1. The molecule has 0 saturated heterocycles. The van der Waals surface area contributed by atoms with Crippen molar-refractivity contribution in [2.75, 3.05) is 23.4 Å². The first-order valence-electron chi connectivity index (χ1n) is 6.04. The lowest BCUT2D eigenvalue weighted by atomic mass is 10.3. The van der Waals surface area contributed by atoms with Crippen molar-refractivity contribution in [3.8, 4) is 5.75 Å². The van der Waals surface area contributed by atoms with E-state index < -0.39 is 5.97 Å². The molecule has 0 saturated carbocycles. The SMILES string of the molecule is CCCOc1ccc(NC(=O)CSCC(=O)O)cc1Cl. The molecule has 110 valence electrons. The largest absolute Gasteiger partial charge is 0.492 e. The van der Waals surface area contributed by atoms with Crippen molar-refractivity contribution in [2.45, 2.75) is 13.3 Å². The highest BCUT2D eigenvalue weighted by atomic mass is 35.5. The molecule has 0 bridgehead atoms. The van der Waals surface area contributed by atoms with E-state index in [1.165, 1.54) is 0 Å². The van der Waals surface area contributed by atoms with E-state index >= 15 is 0 Å². The number of nitrogens with one attached hydrogen (secondary N) is 1. The van der Waals surface area contributed by atoms with E-state index in [0.29, 0.717) is 23.1 Å². The molecule has 2 N–H and O–H groups in total. The maximum Gasteiger partial charge on any atom is 0.313 e. The van der Waals surface area contributed by atoms with Crippen molar-refractivity contribution in [3.05, 3.63) is 23.2 Å². The molecule has 0 aliphatic heterocycles. The van der Waals surface area contributed by atoms with Gasteiger partial charge in [-0.25, -0.2) is 0 Å². The highest BCUT2D eigenvalue weighted by Gasteiger charge is 2.07. The fraction of sp³-hybridized carbons (Fsp3) is 0.385. The Morgan fingerprint density at radius 1 is 1.40 bits per heavy atom. The van der Waals surface area contributed by atoms with Gasteiger partial charge in [0.25, 0.3) is 0 Å². The van der Waals surface area contributed by atoms with Crippen molar-refractivity contribution in [3.63, 3.8) is 0 Å². The summed E-state index contributed by atoms with van der Waals surface area (Å²) in [5.74, 6) is -0.653. The number of thioether (sulfide) groups is 1. The van der Waals surface area contributed by atoms with Crippen LogP contribution >= 0.6 is 23.4 Å². The van der Waals surface area contributed by atoms with Gasteiger partial charge in [0.15, 0.2) is 0 Å². The highest BCUT2D eigenvalue weighted by molar-refractivity contribution is 8.00. The number of rotatable bonds is 8. The van der Waals surface area contributed by atoms with Gasteiger partial charge in [0, 0.05) is 5.69 Å². The molecule has 20 heavy (non-hydrogen) atoms. The zero-order valence-electron chi connectivity index (χ0n) is 11.0. The van der Waals surface area contributed by atoms with Gasteiger partial charge in [-0.05, 0) is 24.6 Å². The second kappa shape index (κ2) is 8.71. The standard InChI is InChI=1S/C13H16ClNO4S/c1-2-5-19-11-4-3-9(6-10(11)14)15-12(16)7-20-8-13(17)18/h3-4,6H,2,5,7-8H2,1H3,(H,15,16)(H,17,18). The summed E-state index contributed by atoms with van der Waals surface area (Å²) in [5.41, 5.74) is 0.555. The van der Waals surface area contributed by atoms with E-state index in [9.17, 15) is 9.59 Å². The fourth-order valence-corrected chi connectivity index (χ4v) is 2.11. The summed E-state index contributed by atoms with van der Waals surface area (Å²) in [7, 11) is 0. The first kappa shape index (κ1) is 16.7. The van der Waals surface area contributed by atoms with E-state index in [-0.39, 0.29) is 17.4 Å². The second-order valence-electron chi connectivity index (χ2n) is 3.93. The third-order valence-corrected chi connectivity index (χ3v) is 3.35. The number of carbonyl (C=O) groups is 2. The summed E-state index contributed by atoms with van der Waals surface area (Å²) in [4.78, 5) is 21.9. The van der Waals surface area contributed by atoms with Gasteiger partial charge in [-0.1, -0.05) is 18.5 Å². The molecule has 0 fully saturated rings. The summed E-state index contributed by atoms with van der Waals surface area (Å²) in [6.45, 7) is 2.58. The lowest BCUT2D eigenvalue weighted by Crippen LogP contribution is -2.15. The smallest absolute Gasteiger partial charge is 0.313 e. The maximum atomic E-state index is 11.6. The van der Waals surface area contributed by atoms with Crippen molar-refractivity contribution in [1.29, 1.82) is 0 Å². The molecular weight excluding hydrogens is 302 g/mol. The molecule has 0 radical (unpaired) electrons. The van der Waals surface area contributed by atoms with Crippen LogP contribution in [0.1, 0.15) is 13.3 Å². The summed E-state index contributed by atoms with van der Waals surface area (Å²) in [6, 6.07) is 4.99. The fourth-order valence-electron chi connectivity index (χ4n) is 1.34. The Kier molecular flexibility index (Phi) is 7.25. The number of benzene rings is 1. The number of amides is 1. The van der Waals surface area contributed by atoms with Crippen LogP contribution in [0.4, 0.5) is 5.69 Å². The molecule has 0 heterocycles. The van der Waals surface area contributed by atoms with Gasteiger partial charge in [0.2, 0.25) is 5.91 Å².